The van der Waals surface area contributed by atoms with E-state index in [1.54, 1.807) is 0 Å². The standard InChI is InChI=1S/C25H39NO2/c27-22(16-23-20-12-17-11-18(14-20)15-21(23)13-17)7-3-9-25(28)26-10-4-6-19-5-1-2-8-24(19)26/h17-21,23-24H,1-16H2. The van der Waals surface area contributed by atoms with Gasteiger partial charge in [-0.25, -0.2) is 0 Å². The molecular weight excluding hydrogens is 346 g/mol. The van der Waals surface area contributed by atoms with Crippen molar-refractivity contribution in [1.82, 2.24) is 4.90 Å². The zero-order valence-electron chi connectivity index (χ0n) is 17.6. The fourth-order valence-electron chi connectivity index (χ4n) is 8.25. The molecule has 6 fully saturated rings. The fraction of sp³-hybridized carbons (Fsp3) is 0.920. The van der Waals surface area contributed by atoms with Crippen molar-refractivity contribution in [2.75, 3.05) is 6.54 Å². The number of piperidine rings is 1. The van der Waals surface area contributed by atoms with Gasteiger partial charge in [0.25, 0.3) is 0 Å². The van der Waals surface area contributed by atoms with Crippen molar-refractivity contribution in [1.29, 1.82) is 0 Å². The van der Waals surface area contributed by atoms with Gasteiger partial charge >= 0.3 is 0 Å². The SMILES string of the molecule is O=C(CCCC(=O)N1CCCC2CCCCC21)CC1C2CC3CC(C2)CC1C3. The van der Waals surface area contributed by atoms with Crippen LogP contribution in [0.2, 0.25) is 0 Å². The molecule has 0 radical (unpaired) electrons. The van der Waals surface area contributed by atoms with E-state index in [9.17, 15) is 9.59 Å². The van der Waals surface area contributed by atoms with Crippen molar-refractivity contribution >= 4 is 11.7 Å². The summed E-state index contributed by atoms with van der Waals surface area (Å²) in [5.41, 5.74) is 0. The molecule has 5 aliphatic carbocycles. The number of hydrogen-bond donors (Lipinski definition) is 0. The summed E-state index contributed by atoms with van der Waals surface area (Å²) in [5.74, 6) is 5.88. The molecule has 1 saturated heterocycles. The van der Waals surface area contributed by atoms with Gasteiger partial charge in [0.2, 0.25) is 5.91 Å². The molecule has 0 aromatic carbocycles. The van der Waals surface area contributed by atoms with Crippen LogP contribution in [-0.2, 0) is 9.59 Å². The highest BCUT2D eigenvalue weighted by molar-refractivity contribution is 5.80. The highest BCUT2D eigenvalue weighted by atomic mass is 16.2. The molecular formula is C25H39NO2. The van der Waals surface area contributed by atoms with E-state index in [-0.39, 0.29) is 0 Å². The number of nitrogens with zero attached hydrogens (tertiary/aromatic N) is 1. The molecule has 4 bridgehead atoms. The second kappa shape index (κ2) is 8.11. The summed E-state index contributed by atoms with van der Waals surface area (Å²) in [6, 6.07) is 0.513. The highest BCUT2D eigenvalue weighted by Gasteiger charge is 2.48. The Hall–Kier alpha value is -0.860. The van der Waals surface area contributed by atoms with Gasteiger partial charge in [-0.2, -0.15) is 0 Å². The van der Waals surface area contributed by atoms with Crippen molar-refractivity contribution in [3.05, 3.63) is 0 Å². The number of ketones is 1. The van der Waals surface area contributed by atoms with E-state index in [1.165, 1.54) is 70.6 Å². The van der Waals surface area contributed by atoms with Gasteiger partial charge in [0.05, 0.1) is 0 Å². The van der Waals surface area contributed by atoms with Gasteiger partial charge in [-0.1, -0.05) is 12.8 Å². The number of amides is 1. The first-order chi connectivity index (χ1) is 13.7. The number of fused-ring (bicyclic) bond motifs is 1. The number of Topliss-reactive ketones (excluding diaryl/α,β-unsaturated/α-hetero) is 1. The first kappa shape index (κ1) is 19.1. The van der Waals surface area contributed by atoms with E-state index in [0.717, 1.165) is 49.0 Å². The minimum atomic E-state index is 0.332. The molecule has 1 amide bonds. The van der Waals surface area contributed by atoms with E-state index in [1.807, 2.05) is 0 Å². The van der Waals surface area contributed by atoms with Crippen LogP contribution < -0.4 is 0 Å². The van der Waals surface area contributed by atoms with Gasteiger partial charge < -0.3 is 4.90 Å². The van der Waals surface area contributed by atoms with Gasteiger partial charge in [0.1, 0.15) is 5.78 Å². The predicted molar refractivity (Wildman–Crippen MR) is 111 cm³/mol. The summed E-state index contributed by atoms with van der Waals surface area (Å²) in [7, 11) is 0. The third-order valence-electron chi connectivity index (χ3n) is 9.30. The smallest absolute Gasteiger partial charge is 0.222 e. The molecule has 3 nitrogen and oxygen atoms in total. The Kier molecular flexibility index (Phi) is 5.54. The summed E-state index contributed by atoms with van der Waals surface area (Å²) in [6.45, 7) is 0.960. The van der Waals surface area contributed by atoms with Gasteiger partial charge in [0, 0.05) is 31.8 Å². The number of carbonyl (C=O) groups excluding carboxylic acids is 2. The van der Waals surface area contributed by atoms with Gasteiger partial charge in [-0.05, 0) is 99.7 Å². The summed E-state index contributed by atoms with van der Waals surface area (Å²) in [5, 5.41) is 0. The lowest BCUT2D eigenvalue weighted by atomic mass is 9.51. The van der Waals surface area contributed by atoms with Crippen molar-refractivity contribution in [3.8, 4) is 0 Å². The van der Waals surface area contributed by atoms with E-state index in [2.05, 4.69) is 4.90 Å². The minimum absolute atomic E-state index is 0.332. The lowest BCUT2D eigenvalue weighted by molar-refractivity contribution is -0.137. The van der Waals surface area contributed by atoms with Gasteiger partial charge in [-0.3, -0.25) is 9.59 Å². The predicted octanol–water partition coefficient (Wildman–Crippen LogP) is 5.37. The Labute approximate surface area is 171 Å². The molecule has 28 heavy (non-hydrogen) atoms. The quantitative estimate of drug-likeness (QED) is 0.616. The number of carbonyl (C=O) groups is 2. The van der Waals surface area contributed by atoms with Crippen LogP contribution in [0.25, 0.3) is 0 Å². The van der Waals surface area contributed by atoms with Crippen molar-refractivity contribution < 1.29 is 9.59 Å². The molecule has 0 spiro atoms. The summed E-state index contributed by atoms with van der Waals surface area (Å²) >= 11 is 0. The number of hydrogen-bond acceptors (Lipinski definition) is 2. The molecule has 0 aromatic heterocycles. The lowest BCUT2D eigenvalue weighted by Gasteiger charge is -2.54. The van der Waals surface area contributed by atoms with E-state index < -0.39 is 0 Å². The largest absolute Gasteiger partial charge is 0.339 e. The molecule has 0 aromatic rings. The topological polar surface area (TPSA) is 37.4 Å². The van der Waals surface area contributed by atoms with Gasteiger partial charge in [0.15, 0.2) is 0 Å². The Morgan fingerprint density at radius 1 is 0.750 bits per heavy atom. The third kappa shape index (κ3) is 3.79. The van der Waals surface area contributed by atoms with E-state index >= 15 is 0 Å². The van der Waals surface area contributed by atoms with E-state index in [0.29, 0.717) is 36.5 Å². The summed E-state index contributed by atoms with van der Waals surface area (Å²) in [4.78, 5) is 27.7. The van der Waals surface area contributed by atoms with Crippen LogP contribution in [-0.4, -0.2) is 29.2 Å². The van der Waals surface area contributed by atoms with Crippen LogP contribution in [0, 0.1) is 35.5 Å². The molecule has 1 heterocycles. The van der Waals surface area contributed by atoms with Crippen LogP contribution in [0.4, 0.5) is 0 Å². The van der Waals surface area contributed by atoms with Crippen molar-refractivity contribution in [2.24, 2.45) is 35.5 Å². The van der Waals surface area contributed by atoms with Crippen molar-refractivity contribution in [3.63, 3.8) is 0 Å². The Balaban J connectivity index is 1.07. The molecule has 0 N–H and O–H groups in total. The second-order valence-electron chi connectivity index (χ2n) is 11.0. The Morgan fingerprint density at radius 3 is 2.18 bits per heavy atom. The van der Waals surface area contributed by atoms with E-state index in [4.69, 9.17) is 0 Å². The molecule has 5 saturated carbocycles. The zero-order valence-corrected chi connectivity index (χ0v) is 17.6. The average Bonchev–Trinajstić information content (AvgIpc) is 2.69. The molecule has 2 unspecified atom stereocenters. The van der Waals surface area contributed by atoms with Crippen molar-refractivity contribution in [2.45, 2.75) is 102 Å². The summed E-state index contributed by atoms with van der Waals surface area (Å²) in [6.07, 6.45) is 17.6. The molecule has 1 aliphatic heterocycles. The fourth-order valence-corrected chi connectivity index (χ4v) is 8.25. The van der Waals surface area contributed by atoms with Crippen LogP contribution in [0.1, 0.15) is 96.3 Å². The zero-order chi connectivity index (χ0) is 19.1. The maximum Gasteiger partial charge on any atom is 0.222 e. The molecule has 6 aliphatic rings. The Morgan fingerprint density at radius 2 is 1.43 bits per heavy atom. The van der Waals surface area contributed by atoms with Crippen LogP contribution in [0.15, 0.2) is 0 Å². The highest BCUT2D eigenvalue weighted by Crippen LogP contribution is 2.57. The summed E-state index contributed by atoms with van der Waals surface area (Å²) < 4.78 is 0. The first-order valence-electron chi connectivity index (χ1n) is 12.5. The minimum Gasteiger partial charge on any atom is -0.339 e. The maximum absolute atomic E-state index is 12.8. The number of likely N-dealkylation sites (tertiary alicyclic amines) is 1. The monoisotopic (exact) mass is 385 g/mol. The van der Waals surface area contributed by atoms with Gasteiger partial charge in [-0.15, -0.1) is 0 Å². The lowest BCUT2D eigenvalue weighted by Crippen LogP contribution is -2.49. The average molecular weight is 386 g/mol. The van der Waals surface area contributed by atoms with Crippen LogP contribution >= 0.6 is 0 Å². The third-order valence-corrected chi connectivity index (χ3v) is 9.30. The molecule has 156 valence electrons. The molecule has 6 rings (SSSR count). The van der Waals surface area contributed by atoms with Crippen LogP contribution in [0.5, 0.6) is 0 Å². The van der Waals surface area contributed by atoms with Crippen LogP contribution in [0.3, 0.4) is 0 Å². The second-order valence-corrected chi connectivity index (χ2v) is 11.0. The maximum atomic E-state index is 12.8. The number of rotatable bonds is 6. The molecule has 2 atom stereocenters. The Bertz CT molecular complexity index is 569. The molecule has 3 heteroatoms. The normalized spacial score (nSPS) is 41.7. The first-order valence-corrected chi connectivity index (χ1v) is 12.5.